The smallest absolute Gasteiger partial charge is 0.170 e. The number of ether oxygens (including phenoxy) is 1. The van der Waals surface area contributed by atoms with Crippen molar-refractivity contribution in [3.05, 3.63) is 98.8 Å². The minimum Gasteiger partial charge on any atom is -0.494 e. The zero-order valence-electron chi connectivity index (χ0n) is 17.2. The highest BCUT2D eigenvalue weighted by Crippen LogP contribution is 2.35. The topological polar surface area (TPSA) is 55.5 Å². The molecule has 5 rings (SSSR count). The molecule has 0 bridgehead atoms. The molecule has 1 unspecified atom stereocenters. The maximum Gasteiger partial charge on any atom is 0.170 e. The number of rotatable bonds is 5. The lowest BCUT2D eigenvalue weighted by atomic mass is 10.1. The van der Waals surface area contributed by atoms with Crippen molar-refractivity contribution in [1.82, 2.24) is 14.8 Å². The molecule has 0 fully saturated rings. The van der Waals surface area contributed by atoms with Crippen molar-refractivity contribution < 1.29 is 4.74 Å². The first-order chi connectivity index (χ1) is 15.6. The van der Waals surface area contributed by atoms with Gasteiger partial charge in [-0.05, 0) is 58.5 Å². The maximum atomic E-state index is 6.52. The molecule has 0 amide bonds. The van der Waals surface area contributed by atoms with Crippen LogP contribution in [0.4, 0.5) is 5.69 Å². The number of hydrogen-bond acceptors (Lipinski definition) is 5. The zero-order valence-corrected chi connectivity index (χ0v) is 20.1. The molecule has 2 aromatic heterocycles. The molecule has 4 aromatic rings. The van der Waals surface area contributed by atoms with Crippen LogP contribution in [-0.2, 0) is 11.3 Å². The van der Waals surface area contributed by atoms with E-state index in [0.29, 0.717) is 12.3 Å². The Morgan fingerprint density at radius 1 is 1.09 bits per heavy atom. The van der Waals surface area contributed by atoms with Gasteiger partial charge in [-0.2, -0.15) is 5.10 Å². The lowest BCUT2D eigenvalue weighted by Gasteiger charge is -2.29. The van der Waals surface area contributed by atoms with E-state index < -0.39 is 0 Å². The summed E-state index contributed by atoms with van der Waals surface area (Å²) in [6, 6.07) is 18.2. The second-order valence-electron chi connectivity index (χ2n) is 7.30. The molecule has 1 aliphatic rings. The van der Waals surface area contributed by atoms with Crippen LogP contribution in [0.3, 0.4) is 0 Å². The summed E-state index contributed by atoms with van der Waals surface area (Å²) in [6.45, 7) is 0.571. The average molecular weight is 556 g/mol. The number of nitrogens with zero attached hydrogens (tertiary/aromatic N) is 5. The molecule has 0 N–H and O–H groups in total. The summed E-state index contributed by atoms with van der Waals surface area (Å²) in [4.78, 5) is 11.0. The van der Waals surface area contributed by atoms with Crippen LogP contribution in [0.2, 0.25) is 5.02 Å². The Morgan fingerprint density at radius 3 is 2.69 bits per heavy atom. The molecule has 2 aromatic carbocycles. The highest BCUT2D eigenvalue weighted by molar-refractivity contribution is 14.1. The summed E-state index contributed by atoms with van der Waals surface area (Å²) in [5.74, 6) is 0.674. The van der Waals surface area contributed by atoms with Crippen LogP contribution in [0.15, 0.2) is 83.9 Å². The summed E-state index contributed by atoms with van der Waals surface area (Å²) in [5, 5.41) is 6.80. The first-order valence-electron chi connectivity index (χ1n) is 10.0. The van der Waals surface area contributed by atoms with Crippen molar-refractivity contribution in [1.29, 1.82) is 0 Å². The quantitative estimate of drug-likeness (QED) is 0.292. The first-order valence-corrected chi connectivity index (χ1v) is 11.5. The average Bonchev–Trinajstić information content (AvgIpc) is 3.19. The number of anilines is 1. The fourth-order valence-corrected chi connectivity index (χ4v) is 4.69. The van der Waals surface area contributed by atoms with E-state index >= 15 is 0 Å². The highest BCUT2D eigenvalue weighted by Gasteiger charge is 2.27. The van der Waals surface area contributed by atoms with Crippen molar-refractivity contribution in [3.8, 4) is 0 Å². The fraction of sp³-hybridized carbons (Fsp3) is 0.125. The molecular weight excluding hydrogens is 537 g/mol. The third-order valence-corrected chi connectivity index (χ3v) is 6.36. The molecule has 0 saturated heterocycles. The predicted molar refractivity (Wildman–Crippen MR) is 136 cm³/mol. The Hall–Kier alpha value is -2.91. The molecule has 160 valence electrons. The van der Waals surface area contributed by atoms with Gasteiger partial charge in [0.1, 0.15) is 5.69 Å². The third-order valence-electron chi connectivity index (χ3n) is 5.34. The van der Waals surface area contributed by atoms with Gasteiger partial charge >= 0.3 is 0 Å². The van der Waals surface area contributed by atoms with Gasteiger partial charge in [-0.1, -0.05) is 35.9 Å². The molecule has 0 aliphatic carbocycles. The standard InChI is InChI=1S/C24H19ClIN5O/c1-32-19-13-28-24(30(15-19)18-8-10-27-11-9-18)23-20-4-2-3-5-22(20)31(29-23)14-16-6-7-17(26)12-21(16)25/h2-13,15,24H,14H2,1H3. The normalized spacial score (nSPS) is 15.8. The van der Waals surface area contributed by atoms with Gasteiger partial charge in [0, 0.05) is 32.1 Å². The Labute approximate surface area is 204 Å². The number of methoxy groups -OCH3 is 1. The molecule has 0 spiro atoms. The first kappa shape index (κ1) is 21.0. The van der Waals surface area contributed by atoms with E-state index in [-0.39, 0.29) is 6.17 Å². The van der Waals surface area contributed by atoms with Crippen molar-refractivity contribution >= 4 is 57.0 Å². The van der Waals surface area contributed by atoms with Gasteiger partial charge in [0.15, 0.2) is 11.9 Å². The monoisotopic (exact) mass is 555 g/mol. The molecule has 0 saturated carbocycles. The Balaban J connectivity index is 1.61. The molecule has 32 heavy (non-hydrogen) atoms. The van der Waals surface area contributed by atoms with E-state index in [2.05, 4.69) is 56.7 Å². The number of aliphatic imine (C=N–C) groups is 1. The summed E-state index contributed by atoms with van der Waals surface area (Å²) in [6.07, 6.45) is 6.87. The van der Waals surface area contributed by atoms with E-state index in [1.54, 1.807) is 25.7 Å². The minimum absolute atomic E-state index is 0.338. The van der Waals surface area contributed by atoms with Crippen LogP contribution in [0.1, 0.15) is 17.4 Å². The van der Waals surface area contributed by atoms with E-state index in [1.807, 2.05) is 41.2 Å². The van der Waals surface area contributed by atoms with Crippen molar-refractivity contribution in [2.24, 2.45) is 4.99 Å². The second-order valence-corrected chi connectivity index (χ2v) is 8.95. The van der Waals surface area contributed by atoms with Crippen LogP contribution in [0.25, 0.3) is 10.9 Å². The molecule has 1 aliphatic heterocycles. The molecule has 3 heterocycles. The van der Waals surface area contributed by atoms with E-state index in [1.165, 1.54) is 0 Å². The van der Waals surface area contributed by atoms with Gasteiger partial charge in [-0.25, -0.2) is 0 Å². The number of allylic oxidation sites excluding steroid dienone is 1. The summed E-state index contributed by atoms with van der Waals surface area (Å²) in [5.41, 5.74) is 3.87. The number of para-hydroxylation sites is 1. The van der Waals surface area contributed by atoms with Crippen molar-refractivity contribution in [2.75, 3.05) is 12.0 Å². The van der Waals surface area contributed by atoms with Gasteiger partial charge < -0.3 is 9.64 Å². The van der Waals surface area contributed by atoms with E-state index in [0.717, 1.165) is 36.4 Å². The van der Waals surface area contributed by atoms with Gasteiger partial charge in [0.05, 0.1) is 31.6 Å². The number of fused-ring (bicyclic) bond motifs is 1. The summed E-state index contributed by atoms with van der Waals surface area (Å²) >= 11 is 8.78. The van der Waals surface area contributed by atoms with Gasteiger partial charge in [-0.3, -0.25) is 14.7 Å². The molecular formula is C24H19ClIN5O. The van der Waals surface area contributed by atoms with Gasteiger partial charge in [0.25, 0.3) is 0 Å². The fourth-order valence-electron chi connectivity index (χ4n) is 3.77. The number of pyridine rings is 1. The van der Waals surface area contributed by atoms with Crippen LogP contribution < -0.4 is 4.90 Å². The van der Waals surface area contributed by atoms with Crippen LogP contribution in [0.5, 0.6) is 0 Å². The number of aromatic nitrogens is 3. The maximum absolute atomic E-state index is 6.52. The Bertz CT molecular complexity index is 1330. The Kier molecular flexibility index (Phi) is 5.84. The predicted octanol–water partition coefficient (Wildman–Crippen LogP) is 5.82. The van der Waals surface area contributed by atoms with Crippen LogP contribution >= 0.6 is 34.2 Å². The largest absolute Gasteiger partial charge is 0.494 e. The van der Waals surface area contributed by atoms with Gasteiger partial charge in [-0.15, -0.1) is 0 Å². The third kappa shape index (κ3) is 3.98. The minimum atomic E-state index is -0.338. The Morgan fingerprint density at radius 2 is 1.91 bits per heavy atom. The molecule has 1 atom stereocenters. The number of benzene rings is 2. The highest BCUT2D eigenvalue weighted by atomic mass is 127. The molecule has 6 nitrogen and oxygen atoms in total. The van der Waals surface area contributed by atoms with Crippen LogP contribution in [-0.4, -0.2) is 28.1 Å². The lowest BCUT2D eigenvalue weighted by Crippen LogP contribution is -2.26. The molecule has 0 radical (unpaired) electrons. The summed E-state index contributed by atoms with van der Waals surface area (Å²) in [7, 11) is 1.64. The van der Waals surface area contributed by atoms with Gasteiger partial charge in [0.2, 0.25) is 0 Å². The van der Waals surface area contributed by atoms with Crippen molar-refractivity contribution in [3.63, 3.8) is 0 Å². The number of halogens is 2. The zero-order chi connectivity index (χ0) is 22.1. The lowest BCUT2D eigenvalue weighted by molar-refractivity contribution is 0.312. The molecule has 8 heteroatoms. The summed E-state index contributed by atoms with van der Waals surface area (Å²) < 4.78 is 8.53. The SMILES string of the molecule is COC1=CN(c2ccncc2)C(c2nn(Cc3ccc(I)cc3Cl)c3ccccc23)N=C1. The van der Waals surface area contributed by atoms with E-state index in [4.69, 9.17) is 26.4 Å². The van der Waals surface area contributed by atoms with Crippen molar-refractivity contribution in [2.45, 2.75) is 12.7 Å². The van der Waals surface area contributed by atoms with E-state index in [9.17, 15) is 0 Å². The number of hydrogen-bond donors (Lipinski definition) is 0. The van der Waals surface area contributed by atoms with Crippen LogP contribution in [0, 0.1) is 3.57 Å². The second kappa shape index (κ2) is 8.91.